The molecular formula is C19H21N5O6S. The van der Waals surface area contributed by atoms with Gasteiger partial charge < -0.3 is 4.90 Å². The zero-order valence-corrected chi connectivity index (χ0v) is 18.2. The molecule has 0 aliphatic heterocycles. The summed E-state index contributed by atoms with van der Waals surface area (Å²) in [5.74, 6) is -0.477. The maximum atomic E-state index is 13.5. The number of likely N-dealkylation sites (N-methyl/N-ethyl adjacent to an activating group) is 1. The number of aryl methyl sites for hydroxylation is 2. The first-order valence-corrected chi connectivity index (χ1v) is 10.5. The lowest BCUT2D eigenvalue weighted by Crippen LogP contribution is -2.40. The van der Waals surface area contributed by atoms with E-state index in [1.54, 1.807) is 7.05 Å². The number of benzene rings is 2. The molecule has 31 heavy (non-hydrogen) atoms. The van der Waals surface area contributed by atoms with E-state index in [2.05, 4.69) is 0 Å². The zero-order chi connectivity index (χ0) is 23.1. The van der Waals surface area contributed by atoms with Crippen LogP contribution in [0.15, 0.2) is 52.2 Å². The van der Waals surface area contributed by atoms with E-state index < -0.39 is 27.4 Å². The fraction of sp³-hybridized carbons (Fsp3) is 0.263. The van der Waals surface area contributed by atoms with Crippen molar-refractivity contribution in [3.8, 4) is 0 Å². The van der Waals surface area contributed by atoms with Gasteiger partial charge in [0.15, 0.2) is 0 Å². The number of aromatic nitrogens is 2. The van der Waals surface area contributed by atoms with Crippen LogP contribution in [-0.4, -0.2) is 53.9 Å². The number of nitro benzene ring substituents is 1. The lowest BCUT2D eigenvalue weighted by molar-refractivity contribution is -0.384. The van der Waals surface area contributed by atoms with E-state index in [1.165, 1.54) is 77.6 Å². The molecule has 11 nitrogen and oxygen atoms in total. The molecule has 0 fully saturated rings. The van der Waals surface area contributed by atoms with Gasteiger partial charge in [0, 0.05) is 40.3 Å². The Balaban J connectivity index is 2.15. The lowest BCUT2D eigenvalue weighted by Gasteiger charge is -2.25. The molecule has 3 aromatic rings. The van der Waals surface area contributed by atoms with Crippen molar-refractivity contribution in [1.82, 2.24) is 14.0 Å². The van der Waals surface area contributed by atoms with E-state index in [-0.39, 0.29) is 22.0 Å². The Morgan fingerprint density at radius 3 is 2.16 bits per heavy atom. The second-order valence-electron chi connectivity index (χ2n) is 7.12. The normalized spacial score (nSPS) is 11.5. The van der Waals surface area contributed by atoms with Gasteiger partial charge in [-0.05, 0) is 30.3 Å². The number of carbonyl (C=O) groups excluding carboxylic acids is 1. The van der Waals surface area contributed by atoms with Gasteiger partial charge >= 0.3 is 5.69 Å². The van der Waals surface area contributed by atoms with Crippen molar-refractivity contribution in [2.75, 3.05) is 24.9 Å². The van der Waals surface area contributed by atoms with Gasteiger partial charge in [0.1, 0.15) is 6.54 Å². The van der Waals surface area contributed by atoms with Crippen LogP contribution in [0.2, 0.25) is 0 Å². The standard InChI is InChI=1S/C19H21N5O6S/c1-20(2)18(25)12-23(13-5-7-14(8-6-13)24(27)28)31(29,30)15-9-10-16-17(11-15)22(4)19(26)21(16)3/h5-11H,12H2,1-4H3. The Bertz CT molecular complexity index is 1340. The Morgan fingerprint density at radius 1 is 1.03 bits per heavy atom. The summed E-state index contributed by atoms with van der Waals surface area (Å²) < 4.78 is 30.6. The third-order valence-corrected chi connectivity index (χ3v) is 6.73. The minimum atomic E-state index is -4.24. The molecule has 0 N–H and O–H groups in total. The van der Waals surface area contributed by atoms with Crippen LogP contribution in [0, 0.1) is 10.1 Å². The van der Waals surface area contributed by atoms with Crippen LogP contribution in [-0.2, 0) is 28.9 Å². The molecule has 0 saturated heterocycles. The number of nitrogens with zero attached hydrogens (tertiary/aromatic N) is 5. The van der Waals surface area contributed by atoms with Gasteiger partial charge in [-0.25, -0.2) is 13.2 Å². The highest BCUT2D eigenvalue weighted by atomic mass is 32.2. The van der Waals surface area contributed by atoms with Crippen LogP contribution in [0.1, 0.15) is 0 Å². The Morgan fingerprint density at radius 2 is 1.61 bits per heavy atom. The smallest absolute Gasteiger partial charge is 0.328 e. The predicted molar refractivity (Wildman–Crippen MR) is 114 cm³/mol. The third kappa shape index (κ3) is 3.89. The highest BCUT2D eigenvalue weighted by Gasteiger charge is 2.29. The monoisotopic (exact) mass is 447 g/mol. The Kier molecular flexibility index (Phi) is 5.59. The van der Waals surface area contributed by atoms with Crippen molar-refractivity contribution in [2.45, 2.75) is 4.90 Å². The maximum absolute atomic E-state index is 13.5. The topological polar surface area (TPSA) is 128 Å². The molecule has 1 amide bonds. The molecule has 1 aromatic heterocycles. The lowest BCUT2D eigenvalue weighted by atomic mass is 10.3. The molecule has 1 heterocycles. The van der Waals surface area contributed by atoms with E-state index in [4.69, 9.17) is 0 Å². The van der Waals surface area contributed by atoms with Gasteiger partial charge in [-0.1, -0.05) is 0 Å². The number of fused-ring (bicyclic) bond motifs is 1. The molecule has 0 aliphatic carbocycles. The van der Waals surface area contributed by atoms with E-state index >= 15 is 0 Å². The molecular weight excluding hydrogens is 426 g/mol. The third-order valence-electron chi connectivity index (χ3n) is 4.96. The summed E-state index contributed by atoms with van der Waals surface area (Å²) in [5.41, 5.74) is 0.553. The molecule has 0 bridgehead atoms. The fourth-order valence-corrected chi connectivity index (χ4v) is 4.53. The number of hydrogen-bond acceptors (Lipinski definition) is 6. The first-order chi connectivity index (χ1) is 14.4. The average molecular weight is 447 g/mol. The number of carbonyl (C=O) groups is 1. The molecule has 3 rings (SSSR count). The highest BCUT2D eigenvalue weighted by Crippen LogP contribution is 2.27. The molecule has 0 radical (unpaired) electrons. The number of hydrogen-bond donors (Lipinski definition) is 0. The summed E-state index contributed by atoms with van der Waals surface area (Å²) in [6.07, 6.45) is 0. The minimum Gasteiger partial charge on any atom is -0.347 e. The number of rotatable bonds is 6. The van der Waals surface area contributed by atoms with Crippen LogP contribution < -0.4 is 9.99 Å². The fourth-order valence-electron chi connectivity index (χ4n) is 3.09. The summed E-state index contributed by atoms with van der Waals surface area (Å²) in [6, 6.07) is 9.13. The first kappa shape index (κ1) is 22.0. The number of amides is 1. The van der Waals surface area contributed by atoms with Crippen molar-refractivity contribution in [1.29, 1.82) is 0 Å². The predicted octanol–water partition coefficient (Wildman–Crippen LogP) is 1.07. The van der Waals surface area contributed by atoms with Crippen LogP contribution in [0.25, 0.3) is 11.0 Å². The Hall–Kier alpha value is -3.67. The van der Waals surface area contributed by atoms with E-state index in [0.717, 1.165) is 4.31 Å². The van der Waals surface area contributed by atoms with Gasteiger partial charge in [0.05, 0.1) is 26.5 Å². The van der Waals surface area contributed by atoms with Crippen LogP contribution in [0.3, 0.4) is 0 Å². The quantitative estimate of drug-likeness (QED) is 0.411. The van der Waals surface area contributed by atoms with Crippen LogP contribution in [0.4, 0.5) is 11.4 Å². The number of non-ortho nitro benzene ring substituents is 1. The van der Waals surface area contributed by atoms with Crippen LogP contribution in [0.5, 0.6) is 0 Å². The van der Waals surface area contributed by atoms with Crippen LogP contribution >= 0.6 is 0 Å². The average Bonchev–Trinajstić information content (AvgIpc) is 2.95. The highest BCUT2D eigenvalue weighted by molar-refractivity contribution is 7.92. The van der Waals surface area contributed by atoms with Gasteiger partial charge in [-0.3, -0.25) is 28.3 Å². The van der Waals surface area contributed by atoms with Gasteiger partial charge in [-0.2, -0.15) is 0 Å². The summed E-state index contributed by atoms with van der Waals surface area (Å²) in [6.45, 7) is -0.501. The summed E-state index contributed by atoms with van der Waals surface area (Å²) in [5, 5.41) is 10.9. The van der Waals surface area contributed by atoms with Gasteiger partial charge in [0.2, 0.25) is 5.91 Å². The molecule has 0 saturated carbocycles. The van der Waals surface area contributed by atoms with Crippen molar-refractivity contribution in [3.05, 3.63) is 63.1 Å². The van der Waals surface area contributed by atoms with E-state index in [1.807, 2.05) is 0 Å². The second-order valence-corrected chi connectivity index (χ2v) is 8.99. The largest absolute Gasteiger partial charge is 0.347 e. The number of imidazole rings is 1. The summed E-state index contributed by atoms with van der Waals surface area (Å²) in [7, 11) is 1.87. The van der Waals surface area contributed by atoms with Crippen molar-refractivity contribution in [2.24, 2.45) is 14.1 Å². The zero-order valence-electron chi connectivity index (χ0n) is 17.3. The second kappa shape index (κ2) is 7.87. The SMILES string of the molecule is CN(C)C(=O)CN(c1ccc([N+](=O)[O-])cc1)S(=O)(=O)c1ccc2c(c1)n(C)c(=O)n2C. The van der Waals surface area contributed by atoms with Crippen molar-refractivity contribution >= 4 is 38.3 Å². The molecule has 2 aromatic carbocycles. The molecule has 164 valence electrons. The Labute approximate surface area is 177 Å². The molecule has 0 unspecified atom stereocenters. The van der Waals surface area contributed by atoms with Gasteiger partial charge in [0.25, 0.3) is 15.7 Å². The van der Waals surface area contributed by atoms with E-state index in [9.17, 15) is 28.1 Å². The maximum Gasteiger partial charge on any atom is 0.328 e. The molecule has 0 aliphatic rings. The van der Waals surface area contributed by atoms with Gasteiger partial charge in [-0.15, -0.1) is 0 Å². The number of anilines is 1. The van der Waals surface area contributed by atoms with Crippen molar-refractivity contribution < 1.29 is 18.1 Å². The molecule has 0 atom stereocenters. The van der Waals surface area contributed by atoms with Crippen molar-refractivity contribution in [3.63, 3.8) is 0 Å². The minimum absolute atomic E-state index is 0.0999. The summed E-state index contributed by atoms with van der Waals surface area (Å²) >= 11 is 0. The molecule has 12 heteroatoms. The van der Waals surface area contributed by atoms with E-state index in [0.29, 0.717) is 11.0 Å². The number of nitro groups is 1. The first-order valence-electron chi connectivity index (χ1n) is 9.08. The molecule has 0 spiro atoms. The summed E-state index contributed by atoms with van der Waals surface area (Å²) in [4.78, 5) is 36.0. The number of sulfonamides is 1.